The zero-order valence-electron chi connectivity index (χ0n) is 13.1. The summed E-state index contributed by atoms with van der Waals surface area (Å²) >= 11 is 0. The molecule has 1 aromatic heterocycles. The number of aromatic nitrogens is 1. The van der Waals surface area contributed by atoms with E-state index < -0.39 is 11.3 Å². The number of carbonyl (C=O) groups is 3. The Morgan fingerprint density at radius 2 is 2.14 bits per heavy atom. The Labute approximate surface area is 125 Å². The minimum absolute atomic E-state index is 0.0546. The van der Waals surface area contributed by atoms with Gasteiger partial charge in [-0.05, 0) is 25.7 Å². The van der Waals surface area contributed by atoms with E-state index in [9.17, 15) is 14.4 Å². The molecule has 0 aliphatic heterocycles. The normalized spacial score (nSPS) is 15.2. The first kappa shape index (κ1) is 17.3. The van der Waals surface area contributed by atoms with Gasteiger partial charge in [0.15, 0.2) is 0 Å². The molecule has 0 spiro atoms. The summed E-state index contributed by atoms with van der Waals surface area (Å²) in [5, 5.41) is 3.84. The topological polar surface area (TPSA) is 77.2 Å². The third kappa shape index (κ3) is 4.34. The summed E-state index contributed by atoms with van der Waals surface area (Å²) in [4.78, 5) is 34.6. The lowest BCUT2D eigenvalue weighted by atomic mass is 9.67. The van der Waals surface area contributed by atoms with Crippen molar-refractivity contribution in [1.29, 1.82) is 0 Å². The predicted molar refractivity (Wildman–Crippen MR) is 78.0 cm³/mol. The van der Waals surface area contributed by atoms with Gasteiger partial charge in [-0.25, -0.2) is 0 Å². The average molecular weight is 293 g/mol. The van der Waals surface area contributed by atoms with E-state index >= 15 is 0 Å². The zero-order chi connectivity index (χ0) is 16.0. The van der Waals surface area contributed by atoms with E-state index in [0.29, 0.717) is 24.2 Å². The molecule has 1 heterocycles. The van der Waals surface area contributed by atoms with Crippen molar-refractivity contribution in [3.05, 3.63) is 17.5 Å². The molecule has 0 aromatic carbocycles. The van der Waals surface area contributed by atoms with Crippen molar-refractivity contribution >= 4 is 17.9 Å². The van der Waals surface area contributed by atoms with Crippen molar-refractivity contribution in [1.82, 2.24) is 5.16 Å². The molecule has 0 saturated heterocycles. The average Bonchev–Trinajstić information content (AvgIpc) is 2.75. The number of ketones is 2. The molecule has 5 nitrogen and oxygen atoms in total. The predicted octanol–water partition coefficient (Wildman–Crippen LogP) is 3.01. The van der Waals surface area contributed by atoms with Crippen LogP contribution in [0, 0.1) is 12.3 Å². The number of aryl methyl sites for hydroxylation is 1. The smallest absolute Gasteiger partial charge is 0.147 e. The molecule has 0 fully saturated rings. The van der Waals surface area contributed by atoms with Crippen molar-refractivity contribution in [2.75, 3.05) is 0 Å². The van der Waals surface area contributed by atoms with Crippen molar-refractivity contribution in [2.45, 2.75) is 59.3 Å². The number of Topliss-reactive ketones (excluding diaryl/α,β-unsaturated/α-hetero) is 2. The second-order valence-corrected chi connectivity index (χ2v) is 5.90. The third-order valence-corrected chi connectivity index (χ3v) is 3.77. The maximum atomic E-state index is 12.1. The van der Waals surface area contributed by atoms with E-state index in [-0.39, 0.29) is 24.4 Å². The number of hydrogen-bond donors (Lipinski definition) is 0. The van der Waals surface area contributed by atoms with Gasteiger partial charge in [0.25, 0.3) is 0 Å². The van der Waals surface area contributed by atoms with Gasteiger partial charge in [0, 0.05) is 12.5 Å². The first-order chi connectivity index (χ1) is 9.84. The second kappa shape index (κ2) is 7.29. The first-order valence-electron chi connectivity index (χ1n) is 7.23. The van der Waals surface area contributed by atoms with Gasteiger partial charge < -0.3 is 9.32 Å². The van der Waals surface area contributed by atoms with E-state index in [4.69, 9.17) is 4.52 Å². The highest BCUT2D eigenvalue weighted by atomic mass is 16.5. The maximum absolute atomic E-state index is 12.1. The van der Waals surface area contributed by atoms with Gasteiger partial charge in [-0.15, -0.1) is 0 Å². The van der Waals surface area contributed by atoms with Crippen molar-refractivity contribution in [3.8, 4) is 0 Å². The van der Waals surface area contributed by atoms with E-state index in [1.807, 2.05) is 13.8 Å². The molecule has 116 valence electrons. The van der Waals surface area contributed by atoms with Crippen LogP contribution in [0.4, 0.5) is 0 Å². The standard InChI is InChI=1S/C16H23NO4/c1-5-7-16(4,10-13(20)6-8-18)15(12(3)19)14-9-11(2)17-21-14/h8-9,15H,5-7,10H2,1-4H3. The highest BCUT2D eigenvalue weighted by Gasteiger charge is 2.41. The van der Waals surface area contributed by atoms with Gasteiger partial charge in [0.1, 0.15) is 23.6 Å². The van der Waals surface area contributed by atoms with E-state index in [2.05, 4.69) is 5.16 Å². The first-order valence-corrected chi connectivity index (χ1v) is 7.23. The number of nitrogens with zero attached hydrogens (tertiary/aromatic N) is 1. The molecule has 21 heavy (non-hydrogen) atoms. The molecule has 0 amide bonds. The maximum Gasteiger partial charge on any atom is 0.147 e. The SMILES string of the molecule is CCCC(C)(CC(=O)CC=O)C(C(C)=O)c1cc(C)no1. The number of rotatable bonds is 9. The number of carbonyl (C=O) groups excluding carboxylic acids is 3. The number of aldehydes is 1. The molecule has 0 radical (unpaired) electrons. The molecule has 0 saturated carbocycles. The Kier molecular flexibility index (Phi) is 6.00. The Morgan fingerprint density at radius 3 is 2.57 bits per heavy atom. The fourth-order valence-corrected chi connectivity index (χ4v) is 3.08. The molecule has 2 atom stereocenters. The van der Waals surface area contributed by atoms with Crippen LogP contribution in [-0.2, 0) is 14.4 Å². The van der Waals surface area contributed by atoms with Gasteiger partial charge in [-0.3, -0.25) is 9.59 Å². The lowest BCUT2D eigenvalue weighted by Gasteiger charge is -2.34. The Morgan fingerprint density at radius 1 is 1.48 bits per heavy atom. The molecule has 0 aliphatic rings. The highest BCUT2D eigenvalue weighted by Crippen LogP contribution is 2.43. The monoisotopic (exact) mass is 293 g/mol. The van der Waals surface area contributed by atoms with Crippen LogP contribution in [-0.4, -0.2) is 23.0 Å². The number of hydrogen-bond acceptors (Lipinski definition) is 5. The van der Waals surface area contributed by atoms with Crippen LogP contribution in [0.3, 0.4) is 0 Å². The Hall–Kier alpha value is -1.78. The molecular weight excluding hydrogens is 270 g/mol. The van der Waals surface area contributed by atoms with Gasteiger partial charge >= 0.3 is 0 Å². The van der Waals surface area contributed by atoms with Crippen LogP contribution < -0.4 is 0 Å². The summed E-state index contributed by atoms with van der Waals surface area (Å²) in [6.07, 6.45) is 2.21. The van der Waals surface area contributed by atoms with Gasteiger partial charge in [-0.1, -0.05) is 25.4 Å². The van der Waals surface area contributed by atoms with Gasteiger partial charge in [-0.2, -0.15) is 0 Å². The van der Waals surface area contributed by atoms with Crippen LogP contribution in [0.2, 0.25) is 0 Å². The van der Waals surface area contributed by atoms with Crippen LogP contribution >= 0.6 is 0 Å². The molecule has 0 bridgehead atoms. The quantitative estimate of drug-likeness (QED) is 0.516. The molecule has 0 aliphatic carbocycles. The molecule has 1 rings (SSSR count). The molecule has 2 unspecified atom stereocenters. The summed E-state index contributed by atoms with van der Waals surface area (Å²) in [7, 11) is 0. The summed E-state index contributed by atoms with van der Waals surface area (Å²) in [6.45, 7) is 7.20. The largest absolute Gasteiger partial charge is 0.360 e. The highest BCUT2D eigenvalue weighted by molar-refractivity contribution is 5.91. The summed E-state index contributed by atoms with van der Waals surface area (Å²) in [5.41, 5.74) is 0.140. The summed E-state index contributed by atoms with van der Waals surface area (Å²) in [5.74, 6) is -0.228. The van der Waals surface area contributed by atoms with Crippen molar-refractivity contribution < 1.29 is 18.9 Å². The lowest BCUT2D eigenvalue weighted by Crippen LogP contribution is -2.33. The minimum atomic E-state index is -0.563. The second-order valence-electron chi connectivity index (χ2n) is 5.90. The van der Waals surface area contributed by atoms with Crippen LogP contribution in [0.25, 0.3) is 0 Å². The third-order valence-electron chi connectivity index (χ3n) is 3.77. The molecular formula is C16H23NO4. The zero-order valence-corrected chi connectivity index (χ0v) is 13.1. The van der Waals surface area contributed by atoms with Crippen LogP contribution in [0.1, 0.15) is 63.8 Å². The van der Waals surface area contributed by atoms with Gasteiger partial charge in [0.2, 0.25) is 0 Å². The van der Waals surface area contributed by atoms with Crippen LogP contribution in [0.15, 0.2) is 10.6 Å². The molecule has 0 N–H and O–H groups in total. The lowest BCUT2D eigenvalue weighted by molar-refractivity contribution is -0.126. The van der Waals surface area contributed by atoms with Gasteiger partial charge in [0.05, 0.1) is 18.0 Å². The van der Waals surface area contributed by atoms with E-state index in [0.717, 1.165) is 6.42 Å². The Balaban J connectivity index is 3.16. The Bertz CT molecular complexity index is 520. The minimum Gasteiger partial charge on any atom is -0.360 e. The van der Waals surface area contributed by atoms with E-state index in [1.165, 1.54) is 6.92 Å². The van der Waals surface area contributed by atoms with Crippen LogP contribution in [0.5, 0.6) is 0 Å². The summed E-state index contributed by atoms with van der Waals surface area (Å²) in [6, 6.07) is 1.74. The fourth-order valence-electron chi connectivity index (χ4n) is 3.08. The fraction of sp³-hybridized carbons (Fsp3) is 0.625. The van der Waals surface area contributed by atoms with Crippen molar-refractivity contribution in [3.63, 3.8) is 0 Å². The van der Waals surface area contributed by atoms with Crippen molar-refractivity contribution in [2.24, 2.45) is 5.41 Å². The molecule has 1 aromatic rings. The van der Waals surface area contributed by atoms with E-state index in [1.54, 1.807) is 13.0 Å². The molecule has 5 heteroatoms. The summed E-state index contributed by atoms with van der Waals surface area (Å²) < 4.78 is 5.27.